The van der Waals surface area contributed by atoms with Crippen LogP contribution in [0.25, 0.3) is 5.52 Å². The highest BCUT2D eigenvalue weighted by Crippen LogP contribution is 2.14. The standard InChI is InChI=1S/C14H13ClN4O3S/c1-18-14(20)13-6-12(8-19(13)9-16-18)23(21,22)17-7-10-2-4-11(15)5-3-10/h2-6,8-9,17H,7H2,1H3. The molecule has 2 heterocycles. The molecule has 0 aliphatic rings. The van der Waals surface area contributed by atoms with E-state index in [0.29, 0.717) is 5.02 Å². The van der Waals surface area contributed by atoms with Crippen molar-refractivity contribution >= 4 is 27.1 Å². The van der Waals surface area contributed by atoms with Gasteiger partial charge in [0.15, 0.2) is 0 Å². The molecule has 3 aromatic rings. The van der Waals surface area contributed by atoms with Crippen LogP contribution in [0.5, 0.6) is 0 Å². The molecule has 0 fully saturated rings. The lowest BCUT2D eigenvalue weighted by atomic mass is 10.2. The molecule has 0 saturated carbocycles. The number of fused-ring (bicyclic) bond motifs is 1. The Morgan fingerprint density at radius 3 is 2.65 bits per heavy atom. The van der Waals surface area contributed by atoms with E-state index in [9.17, 15) is 13.2 Å². The number of aryl methyl sites for hydroxylation is 1. The van der Waals surface area contributed by atoms with Gasteiger partial charge in [-0.05, 0) is 23.8 Å². The second kappa shape index (κ2) is 5.80. The maximum absolute atomic E-state index is 12.4. The Morgan fingerprint density at radius 1 is 1.26 bits per heavy atom. The van der Waals surface area contributed by atoms with Crippen LogP contribution in [0.1, 0.15) is 5.56 Å². The van der Waals surface area contributed by atoms with Crippen molar-refractivity contribution in [2.45, 2.75) is 11.4 Å². The molecule has 0 unspecified atom stereocenters. The molecule has 0 radical (unpaired) electrons. The van der Waals surface area contributed by atoms with Gasteiger partial charge in [0.1, 0.15) is 16.7 Å². The number of rotatable bonds is 4. The van der Waals surface area contributed by atoms with Crippen molar-refractivity contribution in [2.75, 3.05) is 0 Å². The van der Waals surface area contributed by atoms with Crippen molar-refractivity contribution in [2.24, 2.45) is 7.05 Å². The van der Waals surface area contributed by atoms with E-state index in [-0.39, 0.29) is 22.5 Å². The quantitative estimate of drug-likeness (QED) is 0.763. The van der Waals surface area contributed by atoms with Gasteiger partial charge in [-0.3, -0.25) is 9.20 Å². The average Bonchev–Trinajstić information content (AvgIpc) is 2.96. The van der Waals surface area contributed by atoms with Crippen molar-refractivity contribution in [3.8, 4) is 0 Å². The van der Waals surface area contributed by atoms with E-state index in [2.05, 4.69) is 9.82 Å². The lowest BCUT2D eigenvalue weighted by Gasteiger charge is -2.05. The molecule has 0 aliphatic carbocycles. The predicted octanol–water partition coefficient (Wildman–Crippen LogP) is 1.16. The summed E-state index contributed by atoms with van der Waals surface area (Å²) >= 11 is 5.79. The number of hydrogen-bond donors (Lipinski definition) is 1. The third-order valence-electron chi connectivity index (χ3n) is 3.38. The third-order valence-corrected chi connectivity index (χ3v) is 5.00. The van der Waals surface area contributed by atoms with Crippen molar-refractivity contribution in [3.05, 3.63) is 63.8 Å². The molecule has 1 N–H and O–H groups in total. The molecule has 3 rings (SSSR count). The number of aromatic nitrogens is 3. The fraction of sp³-hybridized carbons (Fsp3) is 0.143. The van der Waals surface area contributed by atoms with E-state index in [1.165, 1.54) is 30.0 Å². The summed E-state index contributed by atoms with van der Waals surface area (Å²) in [7, 11) is -2.24. The summed E-state index contributed by atoms with van der Waals surface area (Å²) in [6, 6.07) is 8.18. The molecule has 0 spiro atoms. The topological polar surface area (TPSA) is 85.5 Å². The van der Waals surface area contributed by atoms with Crippen LogP contribution < -0.4 is 10.3 Å². The minimum atomic E-state index is -3.74. The Bertz CT molecular complexity index is 1020. The van der Waals surface area contributed by atoms with Crippen LogP contribution >= 0.6 is 11.6 Å². The molecule has 1 aromatic carbocycles. The maximum atomic E-state index is 12.4. The fourth-order valence-corrected chi connectivity index (χ4v) is 3.25. The average molecular weight is 353 g/mol. The monoisotopic (exact) mass is 352 g/mol. The van der Waals surface area contributed by atoms with Gasteiger partial charge in [-0.15, -0.1) is 0 Å². The van der Waals surface area contributed by atoms with Crippen LogP contribution in [0.4, 0.5) is 0 Å². The van der Waals surface area contributed by atoms with Gasteiger partial charge in [0.25, 0.3) is 5.56 Å². The van der Waals surface area contributed by atoms with Gasteiger partial charge in [0, 0.05) is 24.8 Å². The van der Waals surface area contributed by atoms with Gasteiger partial charge in [-0.25, -0.2) is 17.8 Å². The summed E-state index contributed by atoms with van der Waals surface area (Å²) in [6.07, 6.45) is 2.74. The molecule has 0 bridgehead atoms. The summed E-state index contributed by atoms with van der Waals surface area (Å²) in [6.45, 7) is 0.127. The lowest BCUT2D eigenvalue weighted by molar-refractivity contribution is 0.581. The van der Waals surface area contributed by atoms with Crippen LogP contribution in [0.3, 0.4) is 0 Å². The molecule has 7 nitrogen and oxygen atoms in total. The van der Waals surface area contributed by atoms with Gasteiger partial charge in [-0.2, -0.15) is 5.10 Å². The summed E-state index contributed by atoms with van der Waals surface area (Å²) in [5.74, 6) is 0. The summed E-state index contributed by atoms with van der Waals surface area (Å²) in [5.41, 5.74) is 0.653. The fourth-order valence-electron chi connectivity index (χ4n) is 2.08. The zero-order valence-corrected chi connectivity index (χ0v) is 13.7. The first-order chi connectivity index (χ1) is 10.9. The zero-order chi connectivity index (χ0) is 16.6. The molecule has 120 valence electrons. The lowest BCUT2D eigenvalue weighted by Crippen LogP contribution is -2.22. The SMILES string of the molecule is Cn1ncn2cc(S(=O)(=O)NCc3ccc(Cl)cc3)cc2c1=O. The van der Waals surface area contributed by atoms with Crippen LogP contribution in [0.2, 0.25) is 5.02 Å². The normalized spacial score (nSPS) is 11.9. The van der Waals surface area contributed by atoms with Crippen molar-refractivity contribution in [1.29, 1.82) is 0 Å². The number of nitrogens with one attached hydrogen (secondary N) is 1. The first kappa shape index (κ1) is 15.7. The molecule has 0 saturated heterocycles. The van der Waals surface area contributed by atoms with E-state index in [4.69, 9.17) is 11.6 Å². The molecule has 2 aromatic heterocycles. The Kier molecular flexibility index (Phi) is 3.97. The Labute approximate surface area is 137 Å². The van der Waals surface area contributed by atoms with Crippen molar-refractivity contribution < 1.29 is 8.42 Å². The van der Waals surface area contributed by atoms with E-state index in [1.807, 2.05) is 0 Å². The summed E-state index contributed by atoms with van der Waals surface area (Å²) in [5, 5.41) is 4.43. The predicted molar refractivity (Wildman–Crippen MR) is 85.9 cm³/mol. The number of nitrogens with zero attached hydrogens (tertiary/aromatic N) is 3. The first-order valence-electron chi connectivity index (χ1n) is 6.65. The van der Waals surface area contributed by atoms with E-state index in [0.717, 1.165) is 10.2 Å². The second-order valence-corrected chi connectivity index (χ2v) is 7.18. The molecule has 23 heavy (non-hydrogen) atoms. The molecular formula is C14H13ClN4O3S. The smallest absolute Gasteiger partial charge is 0.290 e. The molecule has 9 heteroatoms. The van der Waals surface area contributed by atoms with Crippen LogP contribution in [0.15, 0.2) is 52.5 Å². The minimum Gasteiger partial charge on any atom is -0.300 e. The van der Waals surface area contributed by atoms with E-state index >= 15 is 0 Å². The first-order valence-corrected chi connectivity index (χ1v) is 8.51. The van der Waals surface area contributed by atoms with Gasteiger partial charge in [0.2, 0.25) is 10.0 Å². The Morgan fingerprint density at radius 2 is 1.96 bits per heavy atom. The zero-order valence-electron chi connectivity index (χ0n) is 12.1. The second-order valence-electron chi connectivity index (χ2n) is 4.98. The number of benzene rings is 1. The molecule has 0 aliphatic heterocycles. The maximum Gasteiger partial charge on any atom is 0.290 e. The number of halogens is 1. The van der Waals surface area contributed by atoms with Gasteiger partial charge in [-0.1, -0.05) is 23.7 Å². The molecular weight excluding hydrogens is 340 g/mol. The van der Waals surface area contributed by atoms with Crippen molar-refractivity contribution in [1.82, 2.24) is 18.9 Å². The van der Waals surface area contributed by atoms with E-state index in [1.54, 1.807) is 24.3 Å². The van der Waals surface area contributed by atoms with Crippen LogP contribution in [0, 0.1) is 0 Å². The van der Waals surface area contributed by atoms with Gasteiger partial charge >= 0.3 is 0 Å². The molecule has 0 atom stereocenters. The third kappa shape index (κ3) is 3.14. The highest BCUT2D eigenvalue weighted by Gasteiger charge is 2.17. The number of sulfonamides is 1. The Hall–Kier alpha value is -2.16. The largest absolute Gasteiger partial charge is 0.300 e. The minimum absolute atomic E-state index is 0.0107. The number of hydrogen-bond acceptors (Lipinski definition) is 4. The van der Waals surface area contributed by atoms with Gasteiger partial charge < -0.3 is 0 Å². The molecule has 0 amide bonds. The summed E-state index contributed by atoms with van der Waals surface area (Å²) < 4.78 is 29.7. The van der Waals surface area contributed by atoms with Crippen molar-refractivity contribution in [3.63, 3.8) is 0 Å². The van der Waals surface area contributed by atoms with Crippen LogP contribution in [-0.2, 0) is 23.6 Å². The Balaban J connectivity index is 1.89. The van der Waals surface area contributed by atoms with Gasteiger partial charge in [0.05, 0.1) is 0 Å². The van der Waals surface area contributed by atoms with E-state index < -0.39 is 10.0 Å². The van der Waals surface area contributed by atoms with Crippen LogP contribution in [-0.4, -0.2) is 22.6 Å². The highest BCUT2D eigenvalue weighted by atomic mass is 35.5. The summed E-state index contributed by atoms with van der Waals surface area (Å²) in [4.78, 5) is 11.9. The highest BCUT2D eigenvalue weighted by molar-refractivity contribution is 7.89.